The maximum atomic E-state index is 5.71. The molecule has 2 fully saturated rings. The number of hydrogen-bond donors (Lipinski definition) is 0. The van der Waals surface area contributed by atoms with E-state index in [2.05, 4.69) is 21.4 Å². The first-order valence-electron chi connectivity index (χ1n) is 10.0. The predicted molar refractivity (Wildman–Crippen MR) is 96.6 cm³/mol. The number of nitrogens with zero attached hydrogens (tertiary/aromatic N) is 4. The lowest BCUT2D eigenvalue weighted by Gasteiger charge is -2.33. The van der Waals surface area contributed by atoms with Crippen molar-refractivity contribution in [3.05, 3.63) is 17.0 Å². The number of aryl methyl sites for hydroxylation is 1. The van der Waals surface area contributed by atoms with Crippen LogP contribution >= 0.6 is 0 Å². The lowest BCUT2D eigenvalue weighted by Crippen LogP contribution is -2.41. The minimum atomic E-state index is 0.731. The number of ether oxygens (including phenoxy) is 2. The molecule has 25 heavy (non-hydrogen) atoms. The third-order valence-electron chi connectivity index (χ3n) is 5.98. The van der Waals surface area contributed by atoms with Crippen LogP contribution in [-0.4, -0.2) is 71.6 Å². The van der Waals surface area contributed by atoms with Crippen LogP contribution in [-0.2, 0) is 35.6 Å². The van der Waals surface area contributed by atoms with Crippen molar-refractivity contribution in [3.8, 4) is 0 Å². The molecule has 3 aliphatic heterocycles. The van der Waals surface area contributed by atoms with Crippen LogP contribution in [0.1, 0.15) is 43.1 Å². The Morgan fingerprint density at radius 1 is 1.04 bits per heavy atom. The second kappa shape index (κ2) is 8.16. The molecule has 0 aliphatic carbocycles. The van der Waals surface area contributed by atoms with Crippen LogP contribution in [0.2, 0.25) is 0 Å². The second-order valence-corrected chi connectivity index (χ2v) is 7.50. The first-order valence-corrected chi connectivity index (χ1v) is 10.0. The fourth-order valence-electron chi connectivity index (χ4n) is 4.54. The molecule has 0 spiro atoms. The first-order chi connectivity index (χ1) is 12.3. The van der Waals surface area contributed by atoms with E-state index in [-0.39, 0.29) is 0 Å². The topological polar surface area (TPSA) is 42.8 Å². The van der Waals surface area contributed by atoms with E-state index in [0.717, 1.165) is 58.5 Å². The Labute approximate surface area is 151 Å². The molecule has 1 aromatic rings. The Hall–Kier alpha value is -0.950. The zero-order valence-electron chi connectivity index (χ0n) is 15.6. The smallest absolute Gasteiger partial charge is 0.0822 e. The third kappa shape index (κ3) is 3.92. The van der Waals surface area contributed by atoms with Gasteiger partial charge in [0.1, 0.15) is 0 Å². The molecule has 140 valence electrons. The monoisotopic (exact) mass is 348 g/mol. The summed E-state index contributed by atoms with van der Waals surface area (Å²) in [6.07, 6.45) is 4.66. The predicted octanol–water partition coefficient (Wildman–Crippen LogP) is 1.66. The summed E-state index contributed by atoms with van der Waals surface area (Å²) in [5, 5.41) is 4.91. The van der Waals surface area contributed by atoms with Gasteiger partial charge < -0.3 is 9.47 Å². The molecular weight excluding hydrogens is 316 g/mol. The van der Waals surface area contributed by atoms with Crippen LogP contribution in [0.4, 0.5) is 0 Å². The zero-order valence-corrected chi connectivity index (χ0v) is 15.6. The maximum absolute atomic E-state index is 5.71. The summed E-state index contributed by atoms with van der Waals surface area (Å²) in [5.41, 5.74) is 4.01. The van der Waals surface area contributed by atoms with E-state index in [1.165, 1.54) is 55.8 Å². The van der Waals surface area contributed by atoms with Gasteiger partial charge in [0.05, 0.1) is 18.9 Å². The van der Waals surface area contributed by atoms with Gasteiger partial charge >= 0.3 is 0 Å². The number of rotatable bonds is 4. The van der Waals surface area contributed by atoms with E-state index in [4.69, 9.17) is 14.6 Å². The van der Waals surface area contributed by atoms with Crippen LogP contribution in [0, 0.1) is 0 Å². The van der Waals surface area contributed by atoms with Crippen molar-refractivity contribution in [2.24, 2.45) is 0 Å². The number of aromatic nitrogens is 2. The van der Waals surface area contributed by atoms with E-state index in [0.29, 0.717) is 0 Å². The summed E-state index contributed by atoms with van der Waals surface area (Å²) in [6, 6.07) is 0.731. The van der Waals surface area contributed by atoms with E-state index in [1.54, 1.807) is 0 Å². The molecule has 6 heteroatoms. The molecular formula is C19H32N4O2. The van der Waals surface area contributed by atoms with Gasteiger partial charge in [0.25, 0.3) is 0 Å². The molecule has 0 bridgehead atoms. The highest BCUT2D eigenvalue weighted by molar-refractivity contribution is 5.27. The van der Waals surface area contributed by atoms with Gasteiger partial charge in [-0.1, -0.05) is 0 Å². The van der Waals surface area contributed by atoms with Crippen molar-refractivity contribution in [1.29, 1.82) is 0 Å². The van der Waals surface area contributed by atoms with Gasteiger partial charge in [-0.2, -0.15) is 5.10 Å². The summed E-state index contributed by atoms with van der Waals surface area (Å²) in [6.45, 7) is 12.3. The Morgan fingerprint density at radius 3 is 2.76 bits per heavy atom. The average Bonchev–Trinajstić information content (AvgIpc) is 2.85. The standard InChI is InChI=1S/C19H32N4O2/c1-2-23-19-6-13-25-15-17(19)18(20-23)14-21-7-3-8-22(10-9-21)16-4-11-24-12-5-16/h16H,2-15H2,1H3. The van der Waals surface area contributed by atoms with Gasteiger partial charge in [-0.05, 0) is 39.3 Å². The van der Waals surface area contributed by atoms with E-state index in [9.17, 15) is 0 Å². The van der Waals surface area contributed by atoms with Gasteiger partial charge in [-0.15, -0.1) is 0 Å². The molecule has 6 nitrogen and oxygen atoms in total. The molecule has 0 N–H and O–H groups in total. The van der Waals surface area contributed by atoms with E-state index >= 15 is 0 Å². The molecule has 0 amide bonds. The van der Waals surface area contributed by atoms with Crippen molar-refractivity contribution in [1.82, 2.24) is 19.6 Å². The Balaban J connectivity index is 1.39. The Morgan fingerprint density at radius 2 is 1.92 bits per heavy atom. The van der Waals surface area contributed by atoms with Gasteiger partial charge in [-0.25, -0.2) is 0 Å². The molecule has 0 atom stereocenters. The van der Waals surface area contributed by atoms with Gasteiger partial charge in [0.15, 0.2) is 0 Å². The minimum absolute atomic E-state index is 0.731. The van der Waals surface area contributed by atoms with Crippen LogP contribution in [0.15, 0.2) is 0 Å². The molecule has 0 aromatic carbocycles. The quantitative estimate of drug-likeness (QED) is 0.828. The minimum Gasteiger partial charge on any atom is -0.381 e. The van der Waals surface area contributed by atoms with Crippen molar-refractivity contribution < 1.29 is 9.47 Å². The highest BCUT2D eigenvalue weighted by atomic mass is 16.5. The fourth-order valence-corrected chi connectivity index (χ4v) is 4.54. The Bertz CT molecular complexity index is 568. The molecule has 4 rings (SSSR count). The van der Waals surface area contributed by atoms with Crippen molar-refractivity contribution in [2.45, 2.75) is 58.3 Å². The number of hydrogen-bond acceptors (Lipinski definition) is 5. The molecule has 2 saturated heterocycles. The van der Waals surface area contributed by atoms with Gasteiger partial charge in [0.2, 0.25) is 0 Å². The van der Waals surface area contributed by atoms with Gasteiger partial charge in [0, 0.05) is 63.1 Å². The van der Waals surface area contributed by atoms with Crippen LogP contribution in [0.5, 0.6) is 0 Å². The van der Waals surface area contributed by atoms with Crippen LogP contribution < -0.4 is 0 Å². The van der Waals surface area contributed by atoms with E-state index in [1.807, 2.05) is 0 Å². The Kier molecular flexibility index (Phi) is 5.70. The van der Waals surface area contributed by atoms with Gasteiger partial charge in [-0.3, -0.25) is 14.5 Å². The fraction of sp³-hybridized carbons (Fsp3) is 0.842. The van der Waals surface area contributed by atoms with Crippen LogP contribution in [0.3, 0.4) is 0 Å². The lowest BCUT2D eigenvalue weighted by atomic mass is 10.1. The summed E-state index contributed by atoms with van der Waals surface area (Å²) in [5.74, 6) is 0. The summed E-state index contributed by atoms with van der Waals surface area (Å²) in [4.78, 5) is 5.29. The van der Waals surface area contributed by atoms with Crippen molar-refractivity contribution >= 4 is 0 Å². The molecule has 1 aromatic heterocycles. The lowest BCUT2D eigenvalue weighted by molar-refractivity contribution is 0.0353. The highest BCUT2D eigenvalue weighted by Crippen LogP contribution is 2.23. The molecule has 3 aliphatic rings. The number of fused-ring (bicyclic) bond motifs is 1. The van der Waals surface area contributed by atoms with Crippen molar-refractivity contribution in [3.63, 3.8) is 0 Å². The third-order valence-corrected chi connectivity index (χ3v) is 5.98. The summed E-state index contributed by atoms with van der Waals surface area (Å²) >= 11 is 0. The summed E-state index contributed by atoms with van der Waals surface area (Å²) in [7, 11) is 0. The summed E-state index contributed by atoms with van der Waals surface area (Å²) < 4.78 is 13.4. The normalized spacial score (nSPS) is 24.2. The molecule has 0 unspecified atom stereocenters. The largest absolute Gasteiger partial charge is 0.381 e. The second-order valence-electron chi connectivity index (χ2n) is 7.50. The highest BCUT2D eigenvalue weighted by Gasteiger charge is 2.26. The molecule has 4 heterocycles. The zero-order chi connectivity index (χ0) is 17.1. The maximum Gasteiger partial charge on any atom is 0.0822 e. The van der Waals surface area contributed by atoms with E-state index < -0.39 is 0 Å². The molecule has 0 radical (unpaired) electrons. The molecule has 0 saturated carbocycles. The van der Waals surface area contributed by atoms with Crippen molar-refractivity contribution in [2.75, 3.05) is 46.0 Å². The van der Waals surface area contributed by atoms with Crippen LogP contribution in [0.25, 0.3) is 0 Å². The SMILES string of the molecule is CCn1nc(CN2CCCN(C3CCOCC3)CC2)c2c1CCOC2. The first kappa shape index (κ1) is 17.5. The average molecular weight is 348 g/mol.